The summed E-state index contributed by atoms with van der Waals surface area (Å²) in [6.45, 7) is 4.05. The molecule has 0 saturated carbocycles. The zero-order chi connectivity index (χ0) is 15.0. The van der Waals surface area contributed by atoms with Gasteiger partial charge in [-0.1, -0.05) is 13.0 Å². The predicted molar refractivity (Wildman–Crippen MR) is 82.4 cm³/mol. The molecule has 3 rings (SSSR count). The maximum atomic E-state index is 5.41. The maximum absolute atomic E-state index is 5.41. The molecule has 2 aromatic heterocycles. The third-order valence-corrected chi connectivity index (χ3v) is 3.59. The molecule has 0 atom stereocenters. The Hall–Kier alpha value is -2.43. The van der Waals surface area contributed by atoms with Crippen molar-refractivity contribution in [1.82, 2.24) is 19.7 Å². The van der Waals surface area contributed by atoms with E-state index in [9.17, 15) is 0 Å². The summed E-state index contributed by atoms with van der Waals surface area (Å²) in [5, 5.41) is 5.52. The monoisotopic (exact) mass is 282 g/mol. The molecule has 2 heterocycles. The van der Waals surface area contributed by atoms with Gasteiger partial charge in [0, 0.05) is 30.1 Å². The van der Waals surface area contributed by atoms with Crippen LogP contribution in [0.25, 0.3) is 22.3 Å². The van der Waals surface area contributed by atoms with E-state index in [1.807, 2.05) is 36.9 Å². The largest absolute Gasteiger partial charge is 0.494 e. The number of nitrogens with zero attached hydrogens (tertiary/aromatic N) is 4. The Morgan fingerprint density at radius 1 is 1.14 bits per heavy atom. The number of rotatable bonds is 3. The average molecular weight is 282 g/mol. The van der Waals surface area contributed by atoms with Crippen LogP contribution in [0, 0.1) is 6.92 Å². The topological polar surface area (TPSA) is 52.8 Å². The number of aryl methyl sites for hydroxylation is 3. The molecule has 0 aliphatic heterocycles. The minimum atomic E-state index is 0.729. The number of aromatic nitrogens is 4. The number of fused-ring (bicyclic) bond motifs is 1. The Kier molecular flexibility index (Phi) is 3.33. The zero-order valence-corrected chi connectivity index (χ0v) is 12.7. The van der Waals surface area contributed by atoms with Gasteiger partial charge in [-0.25, -0.2) is 9.97 Å². The van der Waals surface area contributed by atoms with Crippen molar-refractivity contribution in [3.05, 3.63) is 35.8 Å². The lowest BCUT2D eigenvalue weighted by molar-refractivity contribution is 0.419. The van der Waals surface area contributed by atoms with Crippen LogP contribution in [0.15, 0.2) is 24.3 Å². The van der Waals surface area contributed by atoms with E-state index in [1.165, 1.54) is 0 Å². The Bertz CT molecular complexity index is 807. The van der Waals surface area contributed by atoms with Crippen LogP contribution in [0.2, 0.25) is 0 Å². The highest BCUT2D eigenvalue weighted by Crippen LogP contribution is 2.32. The summed E-state index contributed by atoms with van der Waals surface area (Å²) in [4.78, 5) is 9.20. The molecular formula is C16H18N4O. The fourth-order valence-corrected chi connectivity index (χ4v) is 2.49. The van der Waals surface area contributed by atoms with Crippen LogP contribution in [0.1, 0.15) is 18.4 Å². The number of hydrogen-bond acceptors (Lipinski definition) is 4. The van der Waals surface area contributed by atoms with Gasteiger partial charge in [0.25, 0.3) is 0 Å². The van der Waals surface area contributed by atoms with Crippen molar-refractivity contribution in [2.75, 3.05) is 7.11 Å². The summed E-state index contributed by atoms with van der Waals surface area (Å²) in [7, 11) is 3.58. The van der Waals surface area contributed by atoms with E-state index in [0.717, 1.165) is 46.0 Å². The van der Waals surface area contributed by atoms with Gasteiger partial charge >= 0.3 is 0 Å². The first-order chi connectivity index (χ1) is 10.1. The maximum Gasteiger partial charge on any atom is 0.182 e. The van der Waals surface area contributed by atoms with Gasteiger partial charge in [0.2, 0.25) is 0 Å². The van der Waals surface area contributed by atoms with Crippen LogP contribution in [0.4, 0.5) is 0 Å². The van der Waals surface area contributed by atoms with Gasteiger partial charge in [0.15, 0.2) is 5.82 Å². The lowest BCUT2D eigenvalue weighted by Gasteiger charge is -2.08. The summed E-state index contributed by atoms with van der Waals surface area (Å²) >= 11 is 0. The smallest absolute Gasteiger partial charge is 0.182 e. The summed E-state index contributed by atoms with van der Waals surface area (Å²) in [6.07, 6.45) is 0.856. The Morgan fingerprint density at radius 2 is 1.95 bits per heavy atom. The second kappa shape index (κ2) is 5.16. The molecule has 0 bridgehead atoms. The van der Waals surface area contributed by atoms with Crippen LogP contribution >= 0.6 is 0 Å². The molecule has 5 nitrogen and oxygen atoms in total. The molecule has 0 N–H and O–H groups in total. The summed E-state index contributed by atoms with van der Waals surface area (Å²) in [5.41, 5.74) is 2.79. The number of ether oxygens (including phenoxy) is 1. The highest BCUT2D eigenvalue weighted by Gasteiger charge is 2.14. The molecule has 0 radical (unpaired) electrons. The highest BCUT2D eigenvalue weighted by atomic mass is 16.5. The van der Waals surface area contributed by atoms with E-state index in [1.54, 1.807) is 7.11 Å². The van der Waals surface area contributed by atoms with Crippen molar-refractivity contribution >= 4 is 10.9 Å². The first-order valence-corrected chi connectivity index (χ1v) is 6.98. The third kappa shape index (κ3) is 2.24. The average Bonchev–Trinajstić information content (AvgIpc) is 2.86. The standard InChI is InChI=1S/C16H18N4O/c1-5-14-18-16(19-20(14)3)12-8-9-13(21-4)15-11(12)7-6-10(2)17-15/h6-9H,5H2,1-4H3. The number of hydrogen-bond donors (Lipinski definition) is 0. The van der Waals surface area contributed by atoms with Crippen molar-refractivity contribution in [1.29, 1.82) is 0 Å². The van der Waals surface area contributed by atoms with Gasteiger partial charge < -0.3 is 4.74 Å². The molecule has 21 heavy (non-hydrogen) atoms. The second-order valence-corrected chi connectivity index (χ2v) is 4.99. The van der Waals surface area contributed by atoms with Crippen molar-refractivity contribution in [3.8, 4) is 17.1 Å². The molecule has 5 heteroatoms. The first-order valence-electron chi connectivity index (χ1n) is 6.98. The molecule has 0 aliphatic rings. The fraction of sp³-hybridized carbons (Fsp3) is 0.312. The van der Waals surface area contributed by atoms with Crippen molar-refractivity contribution < 1.29 is 4.74 Å². The van der Waals surface area contributed by atoms with Crippen molar-refractivity contribution in [2.24, 2.45) is 7.05 Å². The van der Waals surface area contributed by atoms with E-state index in [2.05, 4.69) is 28.1 Å². The summed E-state index contributed by atoms with van der Waals surface area (Å²) < 4.78 is 7.24. The van der Waals surface area contributed by atoms with Gasteiger partial charge in [-0.15, -0.1) is 0 Å². The minimum Gasteiger partial charge on any atom is -0.494 e. The van der Waals surface area contributed by atoms with Gasteiger partial charge in [-0.05, 0) is 25.1 Å². The van der Waals surface area contributed by atoms with E-state index in [0.29, 0.717) is 0 Å². The molecule has 0 saturated heterocycles. The van der Waals surface area contributed by atoms with Gasteiger partial charge in [0.05, 0.1) is 7.11 Å². The Labute approximate surface area is 123 Å². The van der Waals surface area contributed by atoms with Gasteiger partial charge in [-0.3, -0.25) is 4.68 Å². The molecular weight excluding hydrogens is 264 g/mol. The summed E-state index contributed by atoms with van der Waals surface area (Å²) in [5.74, 6) is 2.46. The Balaban J connectivity index is 2.27. The molecule has 1 aromatic carbocycles. The SMILES string of the molecule is CCc1nc(-c2ccc(OC)c3nc(C)ccc23)nn1C. The normalized spacial score (nSPS) is 11.0. The van der Waals surface area contributed by atoms with Crippen LogP contribution < -0.4 is 4.74 Å². The lowest BCUT2D eigenvalue weighted by Crippen LogP contribution is -1.96. The summed E-state index contributed by atoms with van der Waals surface area (Å²) in [6, 6.07) is 7.96. The van der Waals surface area contributed by atoms with E-state index >= 15 is 0 Å². The van der Waals surface area contributed by atoms with Crippen LogP contribution in [-0.2, 0) is 13.5 Å². The Morgan fingerprint density at radius 3 is 2.62 bits per heavy atom. The van der Waals surface area contributed by atoms with Gasteiger partial charge in [-0.2, -0.15) is 5.10 Å². The number of pyridine rings is 1. The molecule has 0 aliphatic carbocycles. The molecule has 108 valence electrons. The fourth-order valence-electron chi connectivity index (χ4n) is 2.49. The quantitative estimate of drug-likeness (QED) is 0.741. The van der Waals surface area contributed by atoms with Crippen molar-refractivity contribution in [3.63, 3.8) is 0 Å². The molecule has 0 amide bonds. The van der Waals surface area contributed by atoms with Crippen LogP contribution in [-0.4, -0.2) is 26.9 Å². The lowest BCUT2D eigenvalue weighted by atomic mass is 10.1. The van der Waals surface area contributed by atoms with Crippen molar-refractivity contribution in [2.45, 2.75) is 20.3 Å². The first kappa shape index (κ1) is 13.5. The van der Waals surface area contributed by atoms with Crippen LogP contribution in [0.3, 0.4) is 0 Å². The highest BCUT2D eigenvalue weighted by molar-refractivity contribution is 5.96. The van der Waals surface area contributed by atoms with E-state index in [-0.39, 0.29) is 0 Å². The van der Waals surface area contributed by atoms with Crippen LogP contribution in [0.5, 0.6) is 5.75 Å². The molecule has 0 unspecified atom stereocenters. The van der Waals surface area contributed by atoms with Gasteiger partial charge in [0.1, 0.15) is 17.1 Å². The minimum absolute atomic E-state index is 0.729. The number of benzene rings is 1. The third-order valence-electron chi connectivity index (χ3n) is 3.59. The number of methoxy groups -OCH3 is 1. The zero-order valence-electron chi connectivity index (χ0n) is 12.7. The molecule has 0 spiro atoms. The molecule has 3 aromatic rings. The van der Waals surface area contributed by atoms with E-state index < -0.39 is 0 Å². The molecule has 0 fully saturated rings. The predicted octanol–water partition coefficient (Wildman–Crippen LogP) is 2.91. The second-order valence-electron chi connectivity index (χ2n) is 4.99. The van der Waals surface area contributed by atoms with E-state index in [4.69, 9.17) is 4.74 Å².